The van der Waals surface area contributed by atoms with Crippen molar-refractivity contribution in [3.63, 3.8) is 0 Å². The van der Waals surface area contributed by atoms with E-state index in [1.54, 1.807) is 18.0 Å². The Labute approximate surface area is 127 Å². The van der Waals surface area contributed by atoms with Crippen molar-refractivity contribution in [1.82, 2.24) is 4.90 Å². The number of nitrogens with two attached hydrogens (primary N) is 1. The number of nitrogens with zero attached hydrogens (tertiary/aromatic N) is 1. The van der Waals surface area contributed by atoms with Gasteiger partial charge >= 0.3 is 0 Å². The molecule has 112 valence electrons. The van der Waals surface area contributed by atoms with E-state index in [9.17, 15) is 13.2 Å². The van der Waals surface area contributed by atoms with Crippen molar-refractivity contribution >= 4 is 42.9 Å². The summed E-state index contributed by atoms with van der Waals surface area (Å²) in [6.07, 6.45) is 0.516. The zero-order valence-corrected chi connectivity index (χ0v) is 13.2. The molecule has 1 fully saturated rings. The summed E-state index contributed by atoms with van der Waals surface area (Å²) in [4.78, 5) is 14.7. The highest BCUT2D eigenvalue weighted by molar-refractivity contribution is 7.91. The number of hydrogen-bond acceptors (Lipinski definition) is 5. The molecule has 3 rings (SSSR count). The summed E-state index contributed by atoms with van der Waals surface area (Å²) in [7, 11) is -1.32. The maximum absolute atomic E-state index is 12.5. The summed E-state index contributed by atoms with van der Waals surface area (Å²) in [5, 5.41) is 0.941. The average Bonchev–Trinajstić information content (AvgIpc) is 2.99. The lowest BCUT2D eigenvalue weighted by atomic mass is 10.2. The largest absolute Gasteiger partial charge is 0.399 e. The van der Waals surface area contributed by atoms with Crippen molar-refractivity contribution in [3.8, 4) is 0 Å². The highest BCUT2D eigenvalue weighted by Gasteiger charge is 2.33. The van der Waals surface area contributed by atoms with E-state index in [1.165, 1.54) is 11.3 Å². The van der Waals surface area contributed by atoms with Crippen LogP contribution >= 0.6 is 11.3 Å². The Bertz CT molecular complexity index is 811. The van der Waals surface area contributed by atoms with E-state index >= 15 is 0 Å². The van der Waals surface area contributed by atoms with Gasteiger partial charge in [-0.05, 0) is 36.1 Å². The van der Waals surface area contributed by atoms with Gasteiger partial charge in [0.15, 0.2) is 9.84 Å². The minimum atomic E-state index is -2.99. The summed E-state index contributed by atoms with van der Waals surface area (Å²) in [5.74, 6) is 0.0996. The summed E-state index contributed by atoms with van der Waals surface area (Å²) < 4.78 is 24.1. The molecule has 0 bridgehead atoms. The monoisotopic (exact) mass is 324 g/mol. The molecule has 0 saturated carbocycles. The molecular formula is C14H16N2O3S2. The molecule has 2 aromatic rings. The minimum absolute atomic E-state index is 0.0626. The van der Waals surface area contributed by atoms with E-state index in [0.717, 1.165) is 10.1 Å². The first-order valence-electron chi connectivity index (χ1n) is 6.62. The van der Waals surface area contributed by atoms with E-state index in [4.69, 9.17) is 5.73 Å². The Morgan fingerprint density at radius 3 is 2.81 bits per heavy atom. The van der Waals surface area contributed by atoms with Gasteiger partial charge < -0.3 is 10.6 Å². The summed E-state index contributed by atoms with van der Waals surface area (Å²) in [5.41, 5.74) is 6.40. The molecule has 1 aliphatic rings. The molecule has 7 heteroatoms. The number of benzene rings is 1. The lowest BCUT2D eigenvalue weighted by Gasteiger charge is -2.22. The molecule has 2 heterocycles. The molecule has 0 aliphatic carbocycles. The number of amides is 1. The number of anilines is 1. The quantitative estimate of drug-likeness (QED) is 0.853. The number of carbonyl (C=O) groups is 1. The van der Waals surface area contributed by atoms with E-state index in [1.807, 2.05) is 18.2 Å². The van der Waals surface area contributed by atoms with Crippen molar-refractivity contribution < 1.29 is 13.2 Å². The predicted molar refractivity (Wildman–Crippen MR) is 85.4 cm³/mol. The van der Waals surface area contributed by atoms with Gasteiger partial charge in [0.05, 0.1) is 16.4 Å². The Balaban J connectivity index is 1.86. The van der Waals surface area contributed by atoms with Gasteiger partial charge in [0, 0.05) is 23.5 Å². The molecule has 1 atom stereocenters. The van der Waals surface area contributed by atoms with Crippen LogP contribution in [0.2, 0.25) is 0 Å². The zero-order chi connectivity index (χ0) is 15.2. The molecule has 0 spiro atoms. The number of fused-ring (bicyclic) bond motifs is 1. The Morgan fingerprint density at radius 1 is 1.38 bits per heavy atom. The molecule has 21 heavy (non-hydrogen) atoms. The Kier molecular flexibility index (Phi) is 3.41. The van der Waals surface area contributed by atoms with Crippen LogP contribution in [0.5, 0.6) is 0 Å². The van der Waals surface area contributed by atoms with Crippen LogP contribution < -0.4 is 5.73 Å². The fraction of sp³-hybridized carbons (Fsp3) is 0.357. The molecule has 2 N–H and O–H groups in total. The maximum atomic E-state index is 12.5. The fourth-order valence-electron chi connectivity index (χ4n) is 2.59. The van der Waals surface area contributed by atoms with Crippen LogP contribution in [0.15, 0.2) is 24.3 Å². The van der Waals surface area contributed by atoms with Crippen LogP contribution in [0.3, 0.4) is 0 Å². The van der Waals surface area contributed by atoms with Crippen molar-refractivity contribution in [1.29, 1.82) is 0 Å². The predicted octanol–water partition coefficient (Wildman–Crippen LogP) is 1.74. The molecule has 5 nitrogen and oxygen atoms in total. The first-order valence-corrected chi connectivity index (χ1v) is 9.26. The highest BCUT2D eigenvalue weighted by atomic mass is 32.2. The van der Waals surface area contributed by atoms with Crippen LogP contribution in [0.1, 0.15) is 16.1 Å². The highest BCUT2D eigenvalue weighted by Crippen LogP contribution is 2.29. The van der Waals surface area contributed by atoms with Gasteiger partial charge in [0.25, 0.3) is 5.91 Å². The average molecular weight is 324 g/mol. The molecule has 1 unspecified atom stereocenters. The molecule has 1 amide bonds. The van der Waals surface area contributed by atoms with Gasteiger partial charge in [-0.15, -0.1) is 11.3 Å². The standard InChI is InChI=1S/C14H16N2O3S2/c1-16(11-4-5-21(18,19)8-11)14(17)13-7-9-6-10(15)2-3-12(9)20-13/h2-3,6-7,11H,4-5,8,15H2,1H3. The van der Waals surface area contributed by atoms with Crippen molar-refractivity contribution in [2.24, 2.45) is 0 Å². The second-order valence-corrected chi connectivity index (χ2v) is 8.69. The van der Waals surface area contributed by atoms with Gasteiger partial charge in [0.1, 0.15) is 0 Å². The lowest BCUT2D eigenvalue weighted by molar-refractivity contribution is 0.0752. The first kappa shape index (κ1) is 14.3. The molecule has 1 saturated heterocycles. The first-order chi connectivity index (χ1) is 9.85. The maximum Gasteiger partial charge on any atom is 0.263 e. The van der Waals surface area contributed by atoms with Crippen molar-refractivity contribution in [2.75, 3.05) is 24.3 Å². The van der Waals surface area contributed by atoms with Gasteiger partial charge in [-0.25, -0.2) is 8.42 Å². The van der Waals surface area contributed by atoms with E-state index in [2.05, 4.69) is 0 Å². The van der Waals surface area contributed by atoms with Crippen LogP contribution in [0, 0.1) is 0 Å². The lowest BCUT2D eigenvalue weighted by Crippen LogP contribution is -2.37. The molecular weight excluding hydrogens is 308 g/mol. The van der Waals surface area contributed by atoms with Crippen molar-refractivity contribution in [2.45, 2.75) is 12.5 Å². The van der Waals surface area contributed by atoms with E-state index in [0.29, 0.717) is 17.0 Å². The van der Waals surface area contributed by atoms with Gasteiger partial charge in [0.2, 0.25) is 0 Å². The van der Waals surface area contributed by atoms with Gasteiger partial charge in [-0.2, -0.15) is 0 Å². The van der Waals surface area contributed by atoms with Gasteiger partial charge in [-0.1, -0.05) is 0 Å². The number of thiophene rings is 1. The summed E-state index contributed by atoms with van der Waals surface area (Å²) in [6, 6.07) is 7.13. The molecule has 1 aromatic heterocycles. The van der Waals surface area contributed by atoms with Crippen molar-refractivity contribution in [3.05, 3.63) is 29.1 Å². The van der Waals surface area contributed by atoms with Gasteiger partial charge in [-0.3, -0.25) is 4.79 Å². The minimum Gasteiger partial charge on any atom is -0.399 e. The van der Waals surface area contributed by atoms with E-state index < -0.39 is 9.84 Å². The normalized spacial score (nSPS) is 20.7. The summed E-state index contributed by atoms with van der Waals surface area (Å²) >= 11 is 1.40. The number of sulfone groups is 1. The topological polar surface area (TPSA) is 80.5 Å². The molecule has 0 radical (unpaired) electrons. The number of carbonyl (C=O) groups excluding carboxylic acids is 1. The number of nitrogen functional groups attached to an aromatic ring is 1. The SMILES string of the molecule is CN(C(=O)c1cc2cc(N)ccc2s1)C1CCS(=O)(=O)C1. The van der Waals surface area contributed by atoms with Crippen LogP contribution in [0.25, 0.3) is 10.1 Å². The molecule has 1 aromatic carbocycles. The molecule has 1 aliphatic heterocycles. The number of hydrogen-bond donors (Lipinski definition) is 1. The third kappa shape index (κ3) is 2.75. The Morgan fingerprint density at radius 2 is 2.14 bits per heavy atom. The van der Waals surface area contributed by atoms with Crippen LogP contribution in [-0.4, -0.2) is 43.8 Å². The number of rotatable bonds is 2. The second kappa shape index (κ2) is 4.99. The third-order valence-corrected chi connectivity index (χ3v) is 6.68. The second-order valence-electron chi connectivity index (χ2n) is 5.38. The smallest absolute Gasteiger partial charge is 0.263 e. The fourth-order valence-corrected chi connectivity index (χ4v) is 5.39. The Hall–Kier alpha value is -1.60. The van der Waals surface area contributed by atoms with E-state index in [-0.39, 0.29) is 23.5 Å². The summed E-state index contributed by atoms with van der Waals surface area (Å²) in [6.45, 7) is 0. The van der Waals surface area contributed by atoms with Crippen LogP contribution in [0.4, 0.5) is 5.69 Å². The third-order valence-electron chi connectivity index (χ3n) is 3.83. The van der Waals surface area contributed by atoms with Crippen LogP contribution in [-0.2, 0) is 9.84 Å². The zero-order valence-electron chi connectivity index (χ0n) is 11.6.